The van der Waals surface area contributed by atoms with Crippen molar-refractivity contribution in [2.45, 2.75) is 51.0 Å². The maximum Gasteiger partial charge on any atom is 0.223 e. The van der Waals surface area contributed by atoms with E-state index in [0.717, 1.165) is 54.5 Å². The van der Waals surface area contributed by atoms with Crippen molar-refractivity contribution < 1.29 is 4.79 Å². The Bertz CT molecular complexity index is 747. The van der Waals surface area contributed by atoms with Crippen LogP contribution in [-0.2, 0) is 4.79 Å². The van der Waals surface area contributed by atoms with E-state index in [-0.39, 0.29) is 11.8 Å². The number of amides is 1. The van der Waals surface area contributed by atoms with Crippen LogP contribution in [0, 0.1) is 5.92 Å². The highest BCUT2D eigenvalue weighted by atomic mass is 32.1. The molecule has 2 aromatic heterocycles. The normalized spacial score (nSPS) is 19.4. The van der Waals surface area contributed by atoms with Gasteiger partial charge in [0, 0.05) is 44.3 Å². The van der Waals surface area contributed by atoms with Crippen LogP contribution in [0.5, 0.6) is 0 Å². The SMILES string of the molecule is CN(CCNC(=O)C1CCN(c2nc3cccnc3s2)CC1)C1CCCCC1. The Morgan fingerprint density at radius 2 is 2.04 bits per heavy atom. The quantitative estimate of drug-likeness (QED) is 0.805. The molecule has 1 aliphatic heterocycles. The Kier molecular flexibility index (Phi) is 6.42. The summed E-state index contributed by atoms with van der Waals surface area (Å²) in [4.78, 5) is 27.4. The minimum absolute atomic E-state index is 0.128. The zero-order valence-electron chi connectivity index (χ0n) is 16.8. The van der Waals surface area contributed by atoms with Crippen molar-refractivity contribution in [2.24, 2.45) is 5.92 Å². The molecule has 4 rings (SSSR count). The van der Waals surface area contributed by atoms with Crippen molar-refractivity contribution in [3.63, 3.8) is 0 Å². The molecule has 1 aliphatic carbocycles. The molecule has 0 unspecified atom stereocenters. The molecular formula is C21H31N5OS. The molecule has 1 saturated heterocycles. The minimum atomic E-state index is 0.128. The third-order valence-electron chi connectivity index (χ3n) is 6.25. The van der Waals surface area contributed by atoms with Gasteiger partial charge in [-0.05, 0) is 44.9 Å². The molecule has 0 bridgehead atoms. The Hall–Kier alpha value is -1.73. The predicted octanol–water partition coefficient (Wildman–Crippen LogP) is 3.29. The van der Waals surface area contributed by atoms with Gasteiger partial charge in [0.05, 0.1) is 0 Å². The Labute approximate surface area is 171 Å². The van der Waals surface area contributed by atoms with Gasteiger partial charge in [0.1, 0.15) is 10.3 Å². The highest BCUT2D eigenvalue weighted by Crippen LogP contribution is 2.30. The lowest BCUT2D eigenvalue weighted by molar-refractivity contribution is -0.125. The second-order valence-electron chi connectivity index (χ2n) is 8.15. The first-order valence-corrected chi connectivity index (χ1v) is 11.5. The number of aromatic nitrogens is 2. The van der Waals surface area contributed by atoms with Crippen LogP contribution in [0.1, 0.15) is 44.9 Å². The van der Waals surface area contributed by atoms with Crippen LogP contribution >= 0.6 is 11.3 Å². The molecule has 28 heavy (non-hydrogen) atoms. The fourth-order valence-corrected chi connectivity index (χ4v) is 5.39. The van der Waals surface area contributed by atoms with Gasteiger partial charge in [0.2, 0.25) is 5.91 Å². The van der Waals surface area contributed by atoms with E-state index < -0.39 is 0 Å². The first kappa shape index (κ1) is 19.6. The van der Waals surface area contributed by atoms with Crippen LogP contribution in [0.15, 0.2) is 18.3 Å². The topological polar surface area (TPSA) is 61.4 Å². The molecular weight excluding hydrogens is 370 g/mol. The van der Waals surface area contributed by atoms with E-state index in [0.29, 0.717) is 6.04 Å². The summed E-state index contributed by atoms with van der Waals surface area (Å²) in [7, 11) is 2.20. The van der Waals surface area contributed by atoms with Crippen molar-refractivity contribution in [3.05, 3.63) is 18.3 Å². The monoisotopic (exact) mass is 401 g/mol. The fraction of sp³-hybridized carbons (Fsp3) is 0.667. The molecule has 2 fully saturated rings. The summed E-state index contributed by atoms with van der Waals surface area (Å²) < 4.78 is 0. The van der Waals surface area contributed by atoms with Crippen LogP contribution in [0.3, 0.4) is 0 Å². The van der Waals surface area contributed by atoms with Crippen molar-refractivity contribution in [1.29, 1.82) is 0 Å². The van der Waals surface area contributed by atoms with Gasteiger partial charge in [-0.15, -0.1) is 0 Å². The average Bonchev–Trinajstić information content (AvgIpc) is 3.18. The van der Waals surface area contributed by atoms with E-state index in [2.05, 4.69) is 27.1 Å². The Morgan fingerprint density at radius 3 is 2.79 bits per heavy atom. The molecule has 2 aliphatic rings. The van der Waals surface area contributed by atoms with Crippen LogP contribution in [0.2, 0.25) is 0 Å². The summed E-state index contributed by atoms with van der Waals surface area (Å²) in [5.74, 6) is 0.353. The third-order valence-corrected chi connectivity index (χ3v) is 7.29. The fourth-order valence-electron chi connectivity index (χ4n) is 4.43. The molecule has 0 spiro atoms. The van der Waals surface area contributed by atoms with E-state index >= 15 is 0 Å². The maximum atomic E-state index is 12.6. The number of hydrogen-bond acceptors (Lipinski definition) is 6. The number of carbonyl (C=O) groups is 1. The summed E-state index contributed by atoms with van der Waals surface area (Å²) in [6.45, 7) is 3.49. The first-order valence-electron chi connectivity index (χ1n) is 10.6. The molecule has 1 saturated carbocycles. The number of carbonyl (C=O) groups excluding carboxylic acids is 1. The number of pyridine rings is 1. The molecule has 1 N–H and O–H groups in total. The molecule has 0 aromatic carbocycles. The summed E-state index contributed by atoms with van der Waals surface area (Å²) in [5, 5.41) is 4.21. The largest absolute Gasteiger partial charge is 0.355 e. The number of thiazole rings is 1. The summed E-state index contributed by atoms with van der Waals surface area (Å²) in [6.07, 6.45) is 10.3. The van der Waals surface area contributed by atoms with Gasteiger partial charge < -0.3 is 15.1 Å². The lowest BCUT2D eigenvalue weighted by atomic mass is 9.94. The second-order valence-corrected chi connectivity index (χ2v) is 9.10. The van der Waals surface area contributed by atoms with Gasteiger partial charge in [0.25, 0.3) is 0 Å². The molecule has 0 atom stereocenters. The van der Waals surface area contributed by atoms with Crippen molar-refractivity contribution >= 4 is 32.7 Å². The number of anilines is 1. The van der Waals surface area contributed by atoms with Crippen LogP contribution in [0.4, 0.5) is 5.13 Å². The van der Waals surface area contributed by atoms with Gasteiger partial charge in [-0.3, -0.25) is 4.79 Å². The highest BCUT2D eigenvalue weighted by Gasteiger charge is 2.26. The number of nitrogens with one attached hydrogen (secondary N) is 1. The molecule has 152 valence electrons. The van der Waals surface area contributed by atoms with Gasteiger partial charge in [0.15, 0.2) is 5.13 Å². The van der Waals surface area contributed by atoms with Crippen LogP contribution < -0.4 is 10.2 Å². The molecule has 3 heterocycles. The lowest BCUT2D eigenvalue weighted by Gasteiger charge is -2.32. The van der Waals surface area contributed by atoms with Gasteiger partial charge in [-0.25, -0.2) is 9.97 Å². The third kappa shape index (κ3) is 4.63. The maximum absolute atomic E-state index is 12.6. The number of hydrogen-bond donors (Lipinski definition) is 1. The molecule has 7 heteroatoms. The Morgan fingerprint density at radius 1 is 1.25 bits per heavy atom. The zero-order valence-corrected chi connectivity index (χ0v) is 17.6. The predicted molar refractivity (Wildman–Crippen MR) is 115 cm³/mol. The molecule has 1 amide bonds. The van der Waals surface area contributed by atoms with Crippen molar-refractivity contribution in [3.8, 4) is 0 Å². The second kappa shape index (κ2) is 9.18. The lowest BCUT2D eigenvalue weighted by Crippen LogP contribution is -2.43. The number of fused-ring (bicyclic) bond motifs is 1. The number of likely N-dealkylation sites (N-methyl/N-ethyl adjacent to an activating group) is 1. The van der Waals surface area contributed by atoms with E-state index in [4.69, 9.17) is 4.98 Å². The molecule has 0 radical (unpaired) electrons. The number of piperidine rings is 1. The minimum Gasteiger partial charge on any atom is -0.355 e. The van der Waals surface area contributed by atoms with Crippen molar-refractivity contribution in [1.82, 2.24) is 20.2 Å². The first-order chi connectivity index (χ1) is 13.7. The van der Waals surface area contributed by atoms with E-state index in [1.807, 2.05) is 18.3 Å². The van der Waals surface area contributed by atoms with E-state index in [9.17, 15) is 4.79 Å². The molecule has 6 nitrogen and oxygen atoms in total. The average molecular weight is 402 g/mol. The summed E-state index contributed by atoms with van der Waals surface area (Å²) >= 11 is 1.64. The van der Waals surface area contributed by atoms with Crippen molar-refractivity contribution in [2.75, 3.05) is 38.1 Å². The summed E-state index contributed by atoms with van der Waals surface area (Å²) in [5.41, 5.74) is 0.962. The highest BCUT2D eigenvalue weighted by molar-refractivity contribution is 7.21. The van der Waals surface area contributed by atoms with Gasteiger partial charge in [-0.1, -0.05) is 30.6 Å². The van der Waals surface area contributed by atoms with Crippen LogP contribution in [0.25, 0.3) is 10.3 Å². The molecule has 2 aromatic rings. The Balaban J connectivity index is 1.20. The van der Waals surface area contributed by atoms with Gasteiger partial charge >= 0.3 is 0 Å². The van der Waals surface area contributed by atoms with E-state index in [1.165, 1.54) is 32.1 Å². The standard InChI is InChI=1S/C21H31N5OS/c1-25(17-6-3-2-4-7-17)15-12-22-19(27)16-9-13-26(14-10-16)21-24-18-8-5-11-23-20(18)28-21/h5,8,11,16-17H,2-4,6-7,9-10,12-15H2,1H3,(H,22,27). The number of nitrogens with zero attached hydrogens (tertiary/aromatic N) is 4. The smallest absolute Gasteiger partial charge is 0.223 e. The van der Waals surface area contributed by atoms with Gasteiger partial charge in [-0.2, -0.15) is 0 Å². The van der Waals surface area contributed by atoms with E-state index in [1.54, 1.807) is 11.3 Å². The zero-order chi connectivity index (χ0) is 19.3. The number of rotatable bonds is 6. The summed E-state index contributed by atoms with van der Waals surface area (Å²) in [6, 6.07) is 4.64. The van der Waals surface area contributed by atoms with Crippen LogP contribution in [-0.4, -0.2) is 60.0 Å².